The van der Waals surface area contributed by atoms with Gasteiger partial charge >= 0.3 is 0 Å². The number of hydrogen-bond acceptors (Lipinski definition) is 2. The molecule has 25 heavy (non-hydrogen) atoms. The highest BCUT2D eigenvalue weighted by Gasteiger charge is 2.60. The zero-order chi connectivity index (χ0) is 18.0. The summed E-state index contributed by atoms with van der Waals surface area (Å²) in [5.74, 6) is 2.58. The summed E-state index contributed by atoms with van der Waals surface area (Å²) in [6, 6.07) is 0.346. The topological polar surface area (TPSA) is 63.4 Å². The van der Waals surface area contributed by atoms with E-state index >= 15 is 0 Å². The zero-order valence-corrected chi connectivity index (χ0v) is 15.8. The van der Waals surface area contributed by atoms with Crippen LogP contribution in [0.2, 0.25) is 0 Å². The number of hydrogen-bond donors (Lipinski definition) is 1. The molecule has 1 heterocycles. The first-order valence-electron chi connectivity index (χ1n) is 10.0. The molecule has 1 aliphatic heterocycles. The van der Waals surface area contributed by atoms with Crippen LogP contribution in [0.15, 0.2) is 12.2 Å². The van der Waals surface area contributed by atoms with E-state index in [1.165, 1.54) is 25.7 Å². The minimum absolute atomic E-state index is 0.106. The predicted octanol–water partition coefficient (Wildman–Crippen LogP) is 3.12. The second-order valence-electron chi connectivity index (χ2n) is 9.61. The van der Waals surface area contributed by atoms with Crippen molar-refractivity contribution in [3.8, 4) is 0 Å². The van der Waals surface area contributed by atoms with Crippen LogP contribution in [-0.4, -0.2) is 29.8 Å². The van der Waals surface area contributed by atoms with Crippen molar-refractivity contribution in [1.82, 2.24) is 4.90 Å². The van der Waals surface area contributed by atoms with Crippen molar-refractivity contribution in [2.24, 2.45) is 40.2 Å². The summed E-state index contributed by atoms with van der Waals surface area (Å²) in [6.45, 7) is 4.81. The SMILES string of the molecule is CN1C(=O)C=C[C@@]2(C)C1CC[C@H]1[C@@H]3CC[C@H](CC(N)=O)[C@@]3(C)CC[C@@H]12. The third kappa shape index (κ3) is 2.32. The average Bonchev–Trinajstić information content (AvgIpc) is 2.88. The lowest BCUT2D eigenvalue weighted by Gasteiger charge is -2.60. The number of amides is 2. The molecular formula is C21H32N2O2. The van der Waals surface area contributed by atoms with E-state index in [9.17, 15) is 9.59 Å². The smallest absolute Gasteiger partial charge is 0.246 e. The van der Waals surface area contributed by atoms with Gasteiger partial charge in [0.2, 0.25) is 11.8 Å². The lowest BCUT2D eigenvalue weighted by molar-refractivity contribution is -0.139. The van der Waals surface area contributed by atoms with Gasteiger partial charge in [0.1, 0.15) is 0 Å². The normalized spacial score (nSPS) is 48.7. The summed E-state index contributed by atoms with van der Waals surface area (Å²) in [7, 11) is 1.97. The molecule has 1 unspecified atom stereocenters. The van der Waals surface area contributed by atoms with E-state index in [2.05, 4.69) is 19.9 Å². The van der Waals surface area contributed by atoms with Gasteiger partial charge in [-0.2, -0.15) is 0 Å². The van der Waals surface area contributed by atoms with E-state index in [0.29, 0.717) is 30.2 Å². The second-order valence-corrected chi connectivity index (χ2v) is 9.61. The highest BCUT2D eigenvalue weighted by molar-refractivity contribution is 5.89. The van der Waals surface area contributed by atoms with Crippen molar-refractivity contribution in [2.45, 2.75) is 64.8 Å². The number of likely N-dealkylation sites (N-methyl/N-ethyl adjacent to an activating group) is 1. The van der Waals surface area contributed by atoms with Gasteiger partial charge in [-0.05, 0) is 73.7 Å². The number of nitrogens with zero attached hydrogens (tertiary/aromatic N) is 1. The van der Waals surface area contributed by atoms with Crippen LogP contribution in [-0.2, 0) is 9.59 Å². The molecule has 2 N–H and O–H groups in total. The molecule has 4 aliphatic rings. The van der Waals surface area contributed by atoms with Gasteiger partial charge < -0.3 is 10.6 Å². The van der Waals surface area contributed by atoms with Crippen molar-refractivity contribution < 1.29 is 9.59 Å². The van der Waals surface area contributed by atoms with Crippen molar-refractivity contribution in [3.05, 3.63) is 12.2 Å². The molecule has 4 nitrogen and oxygen atoms in total. The van der Waals surface area contributed by atoms with E-state index in [4.69, 9.17) is 5.73 Å². The lowest BCUT2D eigenvalue weighted by Crippen LogP contribution is -2.59. The van der Waals surface area contributed by atoms with Gasteiger partial charge in [-0.25, -0.2) is 0 Å². The van der Waals surface area contributed by atoms with Crippen LogP contribution in [0.25, 0.3) is 0 Å². The fourth-order valence-electron chi connectivity index (χ4n) is 7.43. The Morgan fingerprint density at radius 3 is 2.68 bits per heavy atom. The summed E-state index contributed by atoms with van der Waals surface area (Å²) < 4.78 is 0. The Hall–Kier alpha value is -1.32. The van der Waals surface area contributed by atoms with Gasteiger partial charge in [-0.3, -0.25) is 9.59 Å². The molecule has 3 saturated carbocycles. The zero-order valence-electron chi connectivity index (χ0n) is 15.8. The lowest BCUT2D eigenvalue weighted by atomic mass is 9.47. The summed E-state index contributed by atoms with van der Waals surface area (Å²) in [6.07, 6.45) is 11.7. The van der Waals surface area contributed by atoms with E-state index < -0.39 is 0 Å². The molecule has 0 aromatic rings. The summed E-state index contributed by atoms with van der Waals surface area (Å²) in [5.41, 5.74) is 5.92. The molecule has 0 radical (unpaired) electrons. The summed E-state index contributed by atoms with van der Waals surface area (Å²) in [4.78, 5) is 25.6. The molecule has 0 saturated heterocycles. The Labute approximate surface area is 151 Å². The molecule has 138 valence electrons. The largest absolute Gasteiger partial charge is 0.370 e. The molecule has 3 aliphatic carbocycles. The quantitative estimate of drug-likeness (QED) is 0.836. The molecule has 0 bridgehead atoms. The first-order chi connectivity index (χ1) is 11.8. The van der Waals surface area contributed by atoms with Crippen LogP contribution in [0.4, 0.5) is 0 Å². The average molecular weight is 344 g/mol. The predicted molar refractivity (Wildman–Crippen MR) is 97.4 cm³/mol. The van der Waals surface area contributed by atoms with Crippen LogP contribution >= 0.6 is 0 Å². The maximum Gasteiger partial charge on any atom is 0.246 e. The number of carbonyl (C=O) groups excluding carboxylic acids is 2. The first-order valence-corrected chi connectivity index (χ1v) is 10.0. The summed E-state index contributed by atoms with van der Waals surface area (Å²) >= 11 is 0. The van der Waals surface area contributed by atoms with Crippen LogP contribution in [0.1, 0.15) is 58.8 Å². The Kier molecular flexibility index (Phi) is 3.82. The number of rotatable bonds is 2. The minimum Gasteiger partial charge on any atom is -0.370 e. The fourth-order valence-corrected chi connectivity index (χ4v) is 7.43. The minimum atomic E-state index is -0.139. The number of fused-ring (bicyclic) bond motifs is 5. The van der Waals surface area contributed by atoms with Crippen LogP contribution in [0.5, 0.6) is 0 Å². The van der Waals surface area contributed by atoms with E-state index in [1.807, 2.05) is 11.9 Å². The van der Waals surface area contributed by atoms with Gasteiger partial charge in [-0.15, -0.1) is 0 Å². The molecule has 4 rings (SSSR count). The molecule has 2 amide bonds. The Morgan fingerprint density at radius 1 is 1.20 bits per heavy atom. The van der Waals surface area contributed by atoms with Crippen molar-refractivity contribution in [3.63, 3.8) is 0 Å². The molecule has 3 fully saturated rings. The second kappa shape index (κ2) is 5.59. The highest BCUT2D eigenvalue weighted by Crippen LogP contribution is 2.65. The Bertz CT molecular complexity index is 629. The maximum atomic E-state index is 12.1. The van der Waals surface area contributed by atoms with Gasteiger partial charge in [0.05, 0.1) is 0 Å². The van der Waals surface area contributed by atoms with Gasteiger partial charge in [-0.1, -0.05) is 19.9 Å². The van der Waals surface area contributed by atoms with E-state index in [-0.39, 0.29) is 22.6 Å². The third-order valence-corrected chi connectivity index (χ3v) is 8.77. The first kappa shape index (κ1) is 17.1. The standard InChI is InChI=1S/C21H32N2O2/c1-20-10-8-16-14(15(20)6-4-13(20)12-18(22)24)5-7-17-21(16,2)11-9-19(25)23(17)3/h9,11,13-17H,4-8,10,12H2,1-3H3,(H2,22,24)/t13-,14+,15+,16+,17?,20-,21-/m1/s1. The van der Waals surface area contributed by atoms with Crippen molar-refractivity contribution >= 4 is 11.8 Å². The molecule has 7 atom stereocenters. The summed E-state index contributed by atoms with van der Waals surface area (Å²) in [5, 5.41) is 0. The number of carbonyl (C=O) groups is 2. The van der Waals surface area contributed by atoms with Gasteiger partial charge in [0, 0.05) is 24.9 Å². The molecule has 0 aromatic carbocycles. The van der Waals surface area contributed by atoms with E-state index in [1.54, 1.807) is 6.08 Å². The third-order valence-electron chi connectivity index (χ3n) is 8.77. The van der Waals surface area contributed by atoms with Crippen LogP contribution in [0.3, 0.4) is 0 Å². The molecule has 4 heteroatoms. The van der Waals surface area contributed by atoms with Crippen LogP contribution in [0, 0.1) is 34.5 Å². The molecule has 0 aromatic heterocycles. The molecular weight excluding hydrogens is 312 g/mol. The maximum absolute atomic E-state index is 12.1. The van der Waals surface area contributed by atoms with Crippen molar-refractivity contribution in [2.75, 3.05) is 7.05 Å². The van der Waals surface area contributed by atoms with Gasteiger partial charge in [0.25, 0.3) is 0 Å². The van der Waals surface area contributed by atoms with Crippen LogP contribution < -0.4 is 5.73 Å². The van der Waals surface area contributed by atoms with Gasteiger partial charge in [0.15, 0.2) is 0 Å². The van der Waals surface area contributed by atoms with Crippen molar-refractivity contribution in [1.29, 1.82) is 0 Å². The molecule has 0 spiro atoms. The van der Waals surface area contributed by atoms with E-state index in [0.717, 1.165) is 18.8 Å². The Balaban J connectivity index is 1.63. The monoisotopic (exact) mass is 344 g/mol. The number of primary amides is 1. The Morgan fingerprint density at radius 2 is 1.96 bits per heavy atom. The highest BCUT2D eigenvalue weighted by atomic mass is 16.2. The fraction of sp³-hybridized carbons (Fsp3) is 0.810. The number of nitrogens with two attached hydrogens (primary N) is 1.